The highest BCUT2D eigenvalue weighted by molar-refractivity contribution is 5.95. The van der Waals surface area contributed by atoms with Crippen molar-refractivity contribution >= 4 is 22.7 Å². The summed E-state index contributed by atoms with van der Waals surface area (Å²) in [6.45, 7) is 11.9. The lowest BCUT2D eigenvalue weighted by Crippen LogP contribution is -2.66. The number of rotatable bonds is 1. The number of pyridine rings is 1. The summed E-state index contributed by atoms with van der Waals surface area (Å²) in [5, 5.41) is 10.4. The number of amides is 1. The highest BCUT2D eigenvalue weighted by Crippen LogP contribution is 2.32. The van der Waals surface area contributed by atoms with Gasteiger partial charge in [0.25, 0.3) is 0 Å². The number of ether oxygens (including phenoxy) is 1. The number of hydrogen-bond donors (Lipinski definition) is 0. The third-order valence-electron chi connectivity index (χ3n) is 5.87. The van der Waals surface area contributed by atoms with E-state index in [2.05, 4.69) is 27.8 Å². The molecule has 2 fully saturated rings. The Balaban J connectivity index is 1.58. The lowest BCUT2D eigenvalue weighted by Gasteiger charge is -2.51. The molecule has 0 bridgehead atoms. The Morgan fingerprint density at radius 1 is 1.20 bits per heavy atom. The van der Waals surface area contributed by atoms with Crippen molar-refractivity contribution in [1.82, 2.24) is 14.8 Å². The lowest BCUT2D eigenvalue weighted by molar-refractivity contribution is -0.00654. The first-order chi connectivity index (χ1) is 14.3. The predicted octanol–water partition coefficient (Wildman–Crippen LogP) is 3.24. The third kappa shape index (κ3) is 3.92. The molecule has 1 aromatic heterocycles. The van der Waals surface area contributed by atoms with Crippen molar-refractivity contribution in [1.29, 1.82) is 5.26 Å². The van der Waals surface area contributed by atoms with Gasteiger partial charge in [0, 0.05) is 62.1 Å². The monoisotopic (exact) mass is 407 g/mol. The van der Waals surface area contributed by atoms with Gasteiger partial charge in [-0.3, -0.25) is 9.88 Å². The molecule has 158 valence electrons. The van der Waals surface area contributed by atoms with E-state index in [1.54, 1.807) is 6.20 Å². The van der Waals surface area contributed by atoms with Gasteiger partial charge >= 0.3 is 6.09 Å². The van der Waals surface area contributed by atoms with Crippen LogP contribution in [0.15, 0.2) is 30.5 Å². The van der Waals surface area contributed by atoms with E-state index < -0.39 is 5.60 Å². The molecule has 2 saturated heterocycles. The van der Waals surface area contributed by atoms with E-state index in [1.807, 2.05) is 49.9 Å². The molecule has 0 aliphatic carbocycles. The van der Waals surface area contributed by atoms with Crippen LogP contribution in [0.2, 0.25) is 0 Å². The van der Waals surface area contributed by atoms with Gasteiger partial charge in [-0.25, -0.2) is 4.79 Å². The third-order valence-corrected chi connectivity index (χ3v) is 5.87. The normalized spacial score (nSPS) is 22.5. The lowest BCUT2D eigenvalue weighted by atomic mass is 10.0. The first-order valence-corrected chi connectivity index (χ1v) is 10.5. The maximum absolute atomic E-state index is 12.6. The molecule has 1 aromatic carbocycles. The number of carbonyl (C=O) groups excluding carboxylic acids is 1. The Morgan fingerprint density at radius 2 is 2.00 bits per heavy atom. The molecular formula is C23H29N5O2. The maximum Gasteiger partial charge on any atom is 0.410 e. The Morgan fingerprint density at radius 3 is 2.73 bits per heavy atom. The summed E-state index contributed by atoms with van der Waals surface area (Å²) in [5.41, 5.74) is 1.94. The predicted molar refractivity (Wildman–Crippen MR) is 116 cm³/mol. The molecule has 0 radical (unpaired) electrons. The average molecular weight is 408 g/mol. The highest BCUT2D eigenvalue weighted by atomic mass is 16.6. The van der Waals surface area contributed by atoms with Gasteiger partial charge in [0.05, 0.1) is 11.1 Å². The van der Waals surface area contributed by atoms with Gasteiger partial charge < -0.3 is 14.5 Å². The Bertz CT molecular complexity index is 993. The molecule has 4 rings (SSSR count). The van der Waals surface area contributed by atoms with Crippen LogP contribution in [0.1, 0.15) is 33.3 Å². The largest absolute Gasteiger partial charge is 0.444 e. The summed E-state index contributed by atoms with van der Waals surface area (Å²) in [4.78, 5) is 23.8. The first-order valence-electron chi connectivity index (χ1n) is 10.5. The zero-order valence-electron chi connectivity index (χ0n) is 18.1. The molecule has 2 aromatic rings. The van der Waals surface area contributed by atoms with Gasteiger partial charge in [0.1, 0.15) is 11.7 Å². The Hall–Kier alpha value is -2.85. The number of anilines is 1. The second kappa shape index (κ2) is 7.77. The van der Waals surface area contributed by atoms with Crippen LogP contribution in [-0.2, 0) is 4.74 Å². The molecule has 2 atom stereocenters. The smallest absolute Gasteiger partial charge is 0.410 e. The van der Waals surface area contributed by atoms with E-state index in [9.17, 15) is 10.1 Å². The van der Waals surface area contributed by atoms with Crippen molar-refractivity contribution in [3.05, 3.63) is 36.0 Å². The van der Waals surface area contributed by atoms with Crippen molar-refractivity contribution in [2.24, 2.45) is 0 Å². The average Bonchev–Trinajstić information content (AvgIpc) is 2.71. The fraction of sp³-hybridized carbons (Fsp3) is 0.522. The van der Waals surface area contributed by atoms with E-state index >= 15 is 0 Å². The number of benzene rings is 1. The number of nitrogens with zero attached hydrogens (tertiary/aromatic N) is 5. The van der Waals surface area contributed by atoms with E-state index in [4.69, 9.17) is 4.74 Å². The number of piperazine rings is 2. The van der Waals surface area contributed by atoms with Crippen LogP contribution in [0.5, 0.6) is 0 Å². The van der Waals surface area contributed by atoms with Crippen LogP contribution >= 0.6 is 0 Å². The SMILES string of the molecule is C[C@@H]1CN(c2ccc(C#N)c3ncccc23)C[C@H]2CN(C(=O)OC(C)(C)C)CCN21. The molecule has 2 aliphatic rings. The van der Waals surface area contributed by atoms with Crippen LogP contribution in [0.25, 0.3) is 10.9 Å². The zero-order chi connectivity index (χ0) is 21.5. The maximum atomic E-state index is 12.6. The standard InChI is InChI=1S/C23H29N5O2/c1-16-13-27(20-8-7-17(12-24)21-19(20)6-5-9-25-21)15-18-14-26(10-11-28(16)18)22(29)30-23(2,3)4/h5-9,16,18H,10-11,13-15H2,1-4H3/t16-,18-/m1/s1. The van der Waals surface area contributed by atoms with Gasteiger partial charge in [-0.15, -0.1) is 0 Å². The van der Waals surface area contributed by atoms with E-state index in [0.717, 1.165) is 36.2 Å². The summed E-state index contributed by atoms with van der Waals surface area (Å²) in [6, 6.07) is 10.7. The van der Waals surface area contributed by atoms with Gasteiger partial charge in [0.2, 0.25) is 0 Å². The van der Waals surface area contributed by atoms with Crippen molar-refractivity contribution in [3.63, 3.8) is 0 Å². The molecular weight excluding hydrogens is 378 g/mol. The minimum absolute atomic E-state index is 0.234. The van der Waals surface area contributed by atoms with Crippen LogP contribution < -0.4 is 4.90 Å². The van der Waals surface area contributed by atoms with Crippen molar-refractivity contribution in [2.75, 3.05) is 37.6 Å². The topological polar surface area (TPSA) is 72.7 Å². The molecule has 7 nitrogen and oxygen atoms in total. The molecule has 3 heterocycles. The molecule has 0 N–H and O–H groups in total. The molecule has 30 heavy (non-hydrogen) atoms. The number of carbonyl (C=O) groups is 1. The highest BCUT2D eigenvalue weighted by Gasteiger charge is 2.38. The quantitative estimate of drug-likeness (QED) is 0.723. The second-order valence-corrected chi connectivity index (χ2v) is 9.22. The number of nitriles is 1. The molecule has 0 saturated carbocycles. The van der Waals surface area contributed by atoms with Gasteiger partial charge in [-0.1, -0.05) is 0 Å². The van der Waals surface area contributed by atoms with Crippen molar-refractivity contribution < 1.29 is 9.53 Å². The zero-order valence-corrected chi connectivity index (χ0v) is 18.1. The Kier molecular flexibility index (Phi) is 5.29. The molecule has 7 heteroatoms. The van der Waals surface area contributed by atoms with Gasteiger partial charge in [-0.2, -0.15) is 5.26 Å². The van der Waals surface area contributed by atoms with E-state index in [1.165, 1.54) is 0 Å². The molecule has 0 unspecified atom stereocenters. The molecule has 1 amide bonds. The van der Waals surface area contributed by atoms with Crippen LogP contribution in [-0.4, -0.2) is 71.3 Å². The minimum atomic E-state index is -0.492. The number of aromatic nitrogens is 1. The number of fused-ring (bicyclic) bond motifs is 2. The summed E-state index contributed by atoms with van der Waals surface area (Å²) >= 11 is 0. The van der Waals surface area contributed by atoms with Crippen molar-refractivity contribution in [3.8, 4) is 6.07 Å². The Labute approximate surface area is 177 Å². The molecule has 0 spiro atoms. The first kappa shape index (κ1) is 20.4. The van der Waals surface area contributed by atoms with Gasteiger partial charge in [-0.05, 0) is 52.0 Å². The summed E-state index contributed by atoms with van der Waals surface area (Å²) < 4.78 is 5.59. The fourth-order valence-electron chi connectivity index (χ4n) is 4.58. The summed E-state index contributed by atoms with van der Waals surface area (Å²) in [7, 11) is 0. The van der Waals surface area contributed by atoms with Crippen LogP contribution in [0, 0.1) is 11.3 Å². The molecule has 2 aliphatic heterocycles. The van der Waals surface area contributed by atoms with Gasteiger partial charge in [0.15, 0.2) is 0 Å². The van der Waals surface area contributed by atoms with Crippen molar-refractivity contribution in [2.45, 2.75) is 45.4 Å². The second-order valence-electron chi connectivity index (χ2n) is 9.22. The van der Waals surface area contributed by atoms with Crippen LogP contribution in [0.3, 0.4) is 0 Å². The summed E-state index contributed by atoms with van der Waals surface area (Å²) in [6.07, 6.45) is 1.49. The minimum Gasteiger partial charge on any atom is -0.444 e. The van der Waals surface area contributed by atoms with Crippen LogP contribution in [0.4, 0.5) is 10.5 Å². The van der Waals surface area contributed by atoms with E-state index in [-0.39, 0.29) is 12.1 Å². The van der Waals surface area contributed by atoms with E-state index in [0.29, 0.717) is 24.7 Å². The fourth-order valence-corrected chi connectivity index (χ4v) is 4.58. The summed E-state index contributed by atoms with van der Waals surface area (Å²) in [5.74, 6) is 0. The number of hydrogen-bond acceptors (Lipinski definition) is 6.